The van der Waals surface area contributed by atoms with Gasteiger partial charge in [-0.05, 0) is 44.1 Å². The molecule has 2 saturated carbocycles. The van der Waals surface area contributed by atoms with E-state index < -0.39 is 0 Å². The van der Waals surface area contributed by atoms with Crippen LogP contribution in [0.2, 0.25) is 0 Å². The van der Waals surface area contributed by atoms with Gasteiger partial charge in [-0.25, -0.2) is 0 Å². The number of hydrogen-bond donors (Lipinski definition) is 2. The minimum atomic E-state index is 0.169. The van der Waals surface area contributed by atoms with Crippen molar-refractivity contribution >= 4 is 5.91 Å². The summed E-state index contributed by atoms with van der Waals surface area (Å²) in [6.07, 6.45) is 9.44. The minimum absolute atomic E-state index is 0.169. The molecule has 0 bridgehead atoms. The zero-order valence-corrected chi connectivity index (χ0v) is 10.1. The number of amides is 1. The minimum Gasteiger partial charge on any atom is -0.355 e. The van der Waals surface area contributed by atoms with Crippen LogP contribution in [0.1, 0.15) is 44.9 Å². The molecule has 0 aromatic heterocycles. The van der Waals surface area contributed by atoms with E-state index >= 15 is 0 Å². The summed E-state index contributed by atoms with van der Waals surface area (Å²) in [6, 6.07) is 0. The van der Waals surface area contributed by atoms with Crippen molar-refractivity contribution in [1.29, 1.82) is 0 Å². The van der Waals surface area contributed by atoms with Gasteiger partial charge in [0, 0.05) is 6.54 Å². The number of nitrogens with one attached hydrogen (secondary N) is 2. The van der Waals surface area contributed by atoms with Crippen molar-refractivity contribution in [1.82, 2.24) is 10.6 Å². The molecule has 0 radical (unpaired) electrons. The zero-order valence-electron chi connectivity index (χ0n) is 10.1. The van der Waals surface area contributed by atoms with Crippen LogP contribution in [-0.2, 0) is 4.79 Å². The summed E-state index contributed by atoms with van der Waals surface area (Å²) in [5, 5.41) is 6.27. The van der Waals surface area contributed by atoms with Gasteiger partial charge < -0.3 is 10.6 Å². The van der Waals surface area contributed by atoms with Crippen LogP contribution in [0.15, 0.2) is 0 Å². The molecule has 0 aromatic rings. The topological polar surface area (TPSA) is 41.1 Å². The van der Waals surface area contributed by atoms with E-state index in [0.29, 0.717) is 6.54 Å². The molecule has 2 rings (SSSR count). The normalized spacial score (nSPS) is 22.0. The first-order valence-corrected chi connectivity index (χ1v) is 6.82. The monoisotopic (exact) mass is 224 g/mol. The van der Waals surface area contributed by atoms with E-state index in [-0.39, 0.29) is 5.91 Å². The summed E-state index contributed by atoms with van der Waals surface area (Å²) in [5.74, 6) is 1.76. The number of carbonyl (C=O) groups excluding carboxylic acids is 1. The molecule has 92 valence electrons. The maximum absolute atomic E-state index is 11.4. The Bertz CT molecular complexity index is 220. The summed E-state index contributed by atoms with van der Waals surface area (Å²) < 4.78 is 0. The molecule has 3 nitrogen and oxygen atoms in total. The fourth-order valence-corrected chi connectivity index (χ4v) is 2.42. The maximum atomic E-state index is 11.4. The second kappa shape index (κ2) is 6.24. The van der Waals surface area contributed by atoms with Crippen LogP contribution >= 0.6 is 0 Å². The van der Waals surface area contributed by atoms with Crippen LogP contribution in [0.4, 0.5) is 0 Å². The first kappa shape index (κ1) is 11.9. The summed E-state index contributed by atoms with van der Waals surface area (Å²) in [4.78, 5) is 11.4. The van der Waals surface area contributed by atoms with Crippen LogP contribution in [0.5, 0.6) is 0 Å². The second-order valence-electron chi connectivity index (χ2n) is 5.38. The van der Waals surface area contributed by atoms with Crippen LogP contribution in [0.3, 0.4) is 0 Å². The van der Waals surface area contributed by atoms with E-state index in [2.05, 4.69) is 10.6 Å². The fraction of sp³-hybridized carbons (Fsp3) is 0.923. The van der Waals surface area contributed by atoms with Crippen molar-refractivity contribution in [3.05, 3.63) is 0 Å². The van der Waals surface area contributed by atoms with Gasteiger partial charge >= 0.3 is 0 Å². The predicted molar refractivity (Wildman–Crippen MR) is 65.2 cm³/mol. The Morgan fingerprint density at radius 1 is 0.938 bits per heavy atom. The molecule has 0 unspecified atom stereocenters. The van der Waals surface area contributed by atoms with E-state index in [0.717, 1.165) is 24.9 Å². The first-order chi connectivity index (χ1) is 7.84. The highest BCUT2D eigenvalue weighted by Gasteiger charge is 2.21. The molecule has 0 atom stereocenters. The lowest BCUT2D eigenvalue weighted by molar-refractivity contribution is -0.120. The summed E-state index contributed by atoms with van der Waals surface area (Å²) in [5.41, 5.74) is 0. The molecule has 3 heteroatoms. The van der Waals surface area contributed by atoms with Gasteiger partial charge in [0.1, 0.15) is 0 Å². The van der Waals surface area contributed by atoms with E-state index in [1.54, 1.807) is 0 Å². The SMILES string of the molecule is O=C(CNCC1CCCCC1)NCC1CC1. The molecule has 0 saturated heterocycles. The van der Waals surface area contributed by atoms with E-state index in [1.807, 2.05) is 0 Å². The van der Waals surface area contributed by atoms with Crippen molar-refractivity contribution < 1.29 is 4.79 Å². The quantitative estimate of drug-likeness (QED) is 0.721. The van der Waals surface area contributed by atoms with Crippen molar-refractivity contribution in [2.24, 2.45) is 11.8 Å². The van der Waals surface area contributed by atoms with E-state index in [9.17, 15) is 4.79 Å². The van der Waals surface area contributed by atoms with Gasteiger partial charge in [-0.1, -0.05) is 19.3 Å². The third kappa shape index (κ3) is 4.52. The Kier molecular flexibility index (Phi) is 4.64. The largest absolute Gasteiger partial charge is 0.355 e. The number of carbonyl (C=O) groups is 1. The Morgan fingerprint density at radius 2 is 1.62 bits per heavy atom. The highest BCUT2D eigenvalue weighted by Crippen LogP contribution is 2.27. The molecular weight excluding hydrogens is 200 g/mol. The van der Waals surface area contributed by atoms with Crippen molar-refractivity contribution in [2.75, 3.05) is 19.6 Å². The average Bonchev–Trinajstić information content (AvgIpc) is 3.12. The molecule has 2 N–H and O–H groups in total. The molecule has 16 heavy (non-hydrogen) atoms. The van der Waals surface area contributed by atoms with E-state index in [1.165, 1.54) is 44.9 Å². The molecule has 0 heterocycles. The number of hydrogen-bond acceptors (Lipinski definition) is 2. The van der Waals surface area contributed by atoms with Gasteiger partial charge in [-0.2, -0.15) is 0 Å². The highest BCUT2D eigenvalue weighted by molar-refractivity contribution is 5.77. The average molecular weight is 224 g/mol. The van der Waals surface area contributed by atoms with Crippen LogP contribution in [0, 0.1) is 11.8 Å². The lowest BCUT2D eigenvalue weighted by atomic mass is 9.89. The Balaban J connectivity index is 1.47. The molecule has 2 fully saturated rings. The third-order valence-electron chi connectivity index (χ3n) is 3.73. The standard InChI is InChI=1S/C13H24N2O/c16-13(15-9-12-6-7-12)10-14-8-11-4-2-1-3-5-11/h11-12,14H,1-10H2,(H,15,16). The summed E-state index contributed by atoms with van der Waals surface area (Å²) in [7, 11) is 0. The number of rotatable bonds is 6. The van der Waals surface area contributed by atoms with Crippen LogP contribution in [-0.4, -0.2) is 25.5 Å². The fourth-order valence-electron chi connectivity index (χ4n) is 2.42. The van der Waals surface area contributed by atoms with Gasteiger partial charge in [-0.3, -0.25) is 4.79 Å². The molecule has 0 spiro atoms. The Labute approximate surface area is 98.4 Å². The van der Waals surface area contributed by atoms with Crippen LogP contribution in [0.25, 0.3) is 0 Å². The van der Waals surface area contributed by atoms with Gasteiger partial charge in [0.15, 0.2) is 0 Å². The molecule has 0 aromatic carbocycles. The van der Waals surface area contributed by atoms with Gasteiger partial charge in [0.2, 0.25) is 5.91 Å². The zero-order chi connectivity index (χ0) is 11.2. The smallest absolute Gasteiger partial charge is 0.233 e. The Hall–Kier alpha value is -0.570. The first-order valence-electron chi connectivity index (χ1n) is 6.82. The lowest BCUT2D eigenvalue weighted by Crippen LogP contribution is -2.37. The molecule has 0 aliphatic heterocycles. The van der Waals surface area contributed by atoms with E-state index in [4.69, 9.17) is 0 Å². The predicted octanol–water partition coefficient (Wildman–Crippen LogP) is 1.68. The summed E-state index contributed by atoms with van der Waals surface area (Å²) in [6.45, 7) is 2.42. The molecule has 2 aliphatic rings. The van der Waals surface area contributed by atoms with Gasteiger partial charge in [-0.15, -0.1) is 0 Å². The van der Waals surface area contributed by atoms with Crippen LogP contribution < -0.4 is 10.6 Å². The third-order valence-corrected chi connectivity index (χ3v) is 3.73. The summed E-state index contributed by atoms with van der Waals surface area (Å²) >= 11 is 0. The highest BCUT2D eigenvalue weighted by atomic mass is 16.1. The molecule has 1 amide bonds. The lowest BCUT2D eigenvalue weighted by Gasteiger charge is -2.21. The van der Waals surface area contributed by atoms with Crippen molar-refractivity contribution in [3.63, 3.8) is 0 Å². The molecular formula is C13H24N2O. The second-order valence-corrected chi connectivity index (χ2v) is 5.38. The Morgan fingerprint density at radius 3 is 2.31 bits per heavy atom. The van der Waals surface area contributed by atoms with Crippen molar-refractivity contribution in [3.8, 4) is 0 Å². The van der Waals surface area contributed by atoms with Gasteiger partial charge in [0.25, 0.3) is 0 Å². The van der Waals surface area contributed by atoms with Gasteiger partial charge in [0.05, 0.1) is 6.54 Å². The van der Waals surface area contributed by atoms with Crippen molar-refractivity contribution in [2.45, 2.75) is 44.9 Å². The maximum Gasteiger partial charge on any atom is 0.233 e. The molecule has 2 aliphatic carbocycles.